The number of rotatable bonds is 12. The number of benzene rings is 1. The Kier molecular flexibility index (Phi) is 11.6. The van der Waals surface area contributed by atoms with E-state index in [0.717, 1.165) is 12.8 Å². The second-order valence-electron chi connectivity index (χ2n) is 9.71. The monoisotopic (exact) mass is 475 g/mol. The van der Waals surface area contributed by atoms with Gasteiger partial charge in [0.15, 0.2) is 0 Å². The van der Waals surface area contributed by atoms with Crippen molar-refractivity contribution in [2.45, 2.75) is 78.5 Å². The summed E-state index contributed by atoms with van der Waals surface area (Å²) < 4.78 is 5.36. The van der Waals surface area contributed by atoms with E-state index in [9.17, 15) is 19.5 Å². The maximum Gasteiger partial charge on any atom is 0.408 e. The van der Waals surface area contributed by atoms with E-state index in [-0.39, 0.29) is 18.2 Å². The van der Waals surface area contributed by atoms with Gasteiger partial charge in [-0.1, -0.05) is 51.5 Å². The van der Waals surface area contributed by atoms with Crippen molar-refractivity contribution in [3.05, 3.63) is 42.5 Å². The second kappa shape index (κ2) is 13.6. The molecule has 8 nitrogen and oxygen atoms in total. The summed E-state index contributed by atoms with van der Waals surface area (Å²) in [6.45, 7) is 15.3. The van der Waals surface area contributed by atoms with Crippen LogP contribution in [-0.2, 0) is 14.3 Å². The average molecular weight is 476 g/mol. The summed E-state index contributed by atoms with van der Waals surface area (Å²) in [5.41, 5.74) is -0.430. The Hall–Kier alpha value is -3.03. The number of aromatic hydroxyl groups is 1. The number of alkyl carbamates (subject to hydrolysis) is 1. The van der Waals surface area contributed by atoms with Gasteiger partial charge in [-0.3, -0.25) is 9.59 Å². The van der Waals surface area contributed by atoms with Crippen molar-refractivity contribution in [1.29, 1.82) is 0 Å². The number of phenols is 1. The zero-order valence-electron chi connectivity index (χ0n) is 21.4. The molecule has 0 bridgehead atoms. The summed E-state index contributed by atoms with van der Waals surface area (Å²) in [7, 11) is 0. The zero-order chi connectivity index (χ0) is 25.9. The van der Waals surface area contributed by atoms with E-state index in [4.69, 9.17) is 4.74 Å². The van der Waals surface area contributed by atoms with E-state index >= 15 is 0 Å². The van der Waals surface area contributed by atoms with E-state index in [1.807, 2.05) is 20.8 Å². The number of nitrogens with one attached hydrogen (secondary N) is 2. The van der Waals surface area contributed by atoms with Crippen molar-refractivity contribution in [2.75, 3.05) is 13.1 Å². The third-order valence-corrected chi connectivity index (χ3v) is 4.93. The molecule has 3 N–H and O–H groups in total. The number of unbranched alkanes of at least 4 members (excludes halogenated alkanes) is 1. The Balaban J connectivity index is 3.39. The maximum atomic E-state index is 13.8. The minimum absolute atomic E-state index is 0.0453. The summed E-state index contributed by atoms with van der Waals surface area (Å²) in [5, 5.41) is 16.1. The SMILES string of the molecule is C=CCN(C(=O)C(CC(C)C)NC(=O)OC(C)(C)C)C(C(=O)NCCCC)c1ccccc1O. The van der Waals surface area contributed by atoms with Crippen LogP contribution in [-0.4, -0.2) is 52.6 Å². The molecule has 190 valence electrons. The summed E-state index contributed by atoms with van der Waals surface area (Å²) in [6, 6.07) is 4.41. The van der Waals surface area contributed by atoms with E-state index < -0.39 is 35.6 Å². The predicted octanol–water partition coefficient (Wildman–Crippen LogP) is 4.30. The van der Waals surface area contributed by atoms with Crippen LogP contribution >= 0.6 is 0 Å². The first-order chi connectivity index (χ1) is 15.9. The topological polar surface area (TPSA) is 108 Å². The molecule has 0 fully saturated rings. The minimum Gasteiger partial charge on any atom is -0.508 e. The lowest BCUT2D eigenvalue weighted by Gasteiger charge is -2.34. The first-order valence-electron chi connectivity index (χ1n) is 11.9. The van der Waals surface area contributed by atoms with Crippen LogP contribution in [0.2, 0.25) is 0 Å². The molecule has 0 aliphatic carbocycles. The molecule has 2 unspecified atom stereocenters. The molecule has 0 aromatic heterocycles. The van der Waals surface area contributed by atoms with E-state index in [0.29, 0.717) is 18.5 Å². The molecule has 0 heterocycles. The lowest BCUT2D eigenvalue weighted by molar-refractivity contribution is -0.142. The third-order valence-electron chi connectivity index (χ3n) is 4.93. The van der Waals surface area contributed by atoms with Crippen LogP contribution in [0.4, 0.5) is 4.79 Å². The smallest absolute Gasteiger partial charge is 0.408 e. The van der Waals surface area contributed by atoms with E-state index in [2.05, 4.69) is 17.2 Å². The highest BCUT2D eigenvalue weighted by Gasteiger charge is 2.37. The number of ether oxygens (including phenoxy) is 1. The molecule has 0 aliphatic rings. The van der Waals surface area contributed by atoms with Gasteiger partial charge in [0.05, 0.1) is 0 Å². The van der Waals surface area contributed by atoms with Crippen molar-refractivity contribution in [1.82, 2.24) is 15.5 Å². The van der Waals surface area contributed by atoms with Crippen LogP contribution in [0.15, 0.2) is 36.9 Å². The van der Waals surface area contributed by atoms with Crippen LogP contribution in [0.5, 0.6) is 5.75 Å². The zero-order valence-corrected chi connectivity index (χ0v) is 21.4. The first kappa shape index (κ1) is 29.0. The van der Waals surface area contributed by atoms with E-state index in [1.54, 1.807) is 39.0 Å². The van der Waals surface area contributed by atoms with Crippen molar-refractivity contribution < 1.29 is 24.2 Å². The lowest BCUT2D eigenvalue weighted by atomic mass is 9.98. The average Bonchev–Trinajstić information content (AvgIpc) is 2.72. The lowest BCUT2D eigenvalue weighted by Crippen LogP contribution is -2.53. The van der Waals surface area contributed by atoms with Gasteiger partial charge in [0, 0.05) is 18.7 Å². The molecule has 34 heavy (non-hydrogen) atoms. The van der Waals surface area contributed by atoms with Gasteiger partial charge in [0.25, 0.3) is 0 Å². The molecule has 0 radical (unpaired) electrons. The van der Waals surface area contributed by atoms with Gasteiger partial charge in [-0.05, 0) is 45.6 Å². The maximum absolute atomic E-state index is 13.8. The van der Waals surface area contributed by atoms with Crippen LogP contribution in [0.3, 0.4) is 0 Å². The number of hydrogen-bond donors (Lipinski definition) is 3. The highest BCUT2D eigenvalue weighted by molar-refractivity contribution is 5.92. The molecule has 8 heteroatoms. The number of hydrogen-bond acceptors (Lipinski definition) is 5. The van der Waals surface area contributed by atoms with E-state index in [1.165, 1.54) is 17.0 Å². The fourth-order valence-electron chi connectivity index (χ4n) is 3.46. The molecule has 2 atom stereocenters. The quantitative estimate of drug-likeness (QED) is 0.308. The molecule has 0 aliphatic heterocycles. The highest BCUT2D eigenvalue weighted by Crippen LogP contribution is 2.30. The van der Waals surface area contributed by atoms with Crippen molar-refractivity contribution in [3.8, 4) is 5.75 Å². The molecule has 0 saturated heterocycles. The molecule has 0 saturated carbocycles. The molecule has 0 spiro atoms. The van der Waals surface area contributed by atoms with Crippen LogP contribution in [0.25, 0.3) is 0 Å². The number of carbonyl (C=O) groups is 3. The van der Waals surface area contributed by atoms with Crippen LogP contribution in [0, 0.1) is 5.92 Å². The first-order valence-corrected chi connectivity index (χ1v) is 11.9. The largest absolute Gasteiger partial charge is 0.508 e. The fourth-order valence-corrected chi connectivity index (χ4v) is 3.46. The third kappa shape index (κ3) is 9.45. The Labute approximate surface area is 203 Å². The van der Waals surface area contributed by atoms with Gasteiger partial charge < -0.3 is 25.4 Å². The summed E-state index contributed by atoms with van der Waals surface area (Å²) in [5.74, 6) is -0.888. The Bertz CT molecular complexity index is 832. The van der Waals surface area contributed by atoms with Gasteiger partial charge in [-0.15, -0.1) is 6.58 Å². The summed E-state index contributed by atoms with van der Waals surface area (Å²) in [4.78, 5) is 40.9. The normalized spacial score (nSPS) is 13.0. The number of para-hydroxylation sites is 1. The molecule has 1 rings (SSSR count). The van der Waals surface area contributed by atoms with Crippen molar-refractivity contribution in [2.24, 2.45) is 5.92 Å². The van der Waals surface area contributed by atoms with Gasteiger partial charge in [-0.25, -0.2) is 4.79 Å². The molecular weight excluding hydrogens is 434 g/mol. The van der Waals surface area contributed by atoms with Gasteiger partial charge in [0.2, 0.25) is 11.8 Å². The number of carbonyl (C=O) groups excluding carboxylic acids is 3. The molecule has 1 aromatic rings. The molecule has 1 aromatic carbocycles. The standard InChI is InChI=1S/C26H41N3O5/c1-8-10-15-27-23(31)22(19-13-11-12-14-21(19)30)29(16-9-2)24(32)20(17-18(3)4)28-25(33)34-26(5,6)7/h9,11-14,18,20,22,30H,2,8,10,15-17H2,1,3-7H3,(H,27,31)(H,28,33). The van der Waals surface area contributed by atoms with Gasteiger partial charge >= 0.3 is 6.09 Å². The fraction of sp³-hybridized carbons (Fsp3) is 0.577. The molecular formula is C26H41N3O5. The Morgan fingerprint density at radius 3 is 2.38 bits per heavy atom. The van der Waals surface area contributed by atoms with Crippen LogP contribution < -0.4 is 10.6 Å². The van der Waals surface area contributed by atoms with Gasteiger partial charge in [0.1, 0.15) is 23.4 Å². The van der Waals surface area contributed by atoms with Crippen LogP contribution in [0.1, 0.15) is 72.4 Å². The summed E-state index contributed by atoms with van der Waals surface area (Å²) in [6.07, 6.45) is 2.83. The van der Waals surface area contributed by atoms with Gasteiger partial charge in [-0.2, -0.15) is 0 Å². The Morgan fingerprint density at radius 2 is 1.85 bits per heavy atom. The summed E-state index contributed by atoms with van der Waals surface area (Å²) >= 11 is 0. The number of amides is 3. The molecule has 3 amide bonds. The predicted molar refractivity (Wildman–Crippen MR) is 133 cm³/mol. The van der Waals surface area contributed by atoms with Crippen molar-refractivity contribution >= 4 is 17.9 Å². The van der Waals surface area contributed by atoms with Crippen molar-refractivity contribution in [3.63, 3.8) is 0 Å². The Morgan fingerprint density at radius 1 is 1.21 bits per heavy atom. The highest BCUT2D eigenvalue weighted by atomic mass is 16.6. The second-order valence-corrected chi connectivity index (χ2v) is 9.71. The number of phenolic OH excluding ortho intramolecular Hbond substituents is 1. The number of nitrogens with zero attached hydrogens (tertiary/aromatic N) is 1. The minimum atomic E-state index is -1.10.